The normalized spacial score (nSPS) is 21.4. The highest BCUT2D eigenvalue weighted by atomic mass is 15.6. The molecule has 0 spiro atoms. The molecule has 5 aliphatic heterocycles. The summed E-state index contributed by atoms with van der Waals surface area (Å²) in [5.74, 6) is 7.08. The lowest BCUT2D eigenvalue weighted by Gasteiger charge is -2.39. The van der Waals surface area contributed by atoms with Crippen LogP contribution in [0.4, 0.5) is 23.3 Å². The molecule has 0 unspecified atom stereocenters. The molecule has 0 radical (unpaired) electrons. The van der Waals surface area contributed by atoms with Crippen LogP contribution in [-0.4, -0.2) is 52.9 Å². The van der Waals surface area contributed by atoms with Crippen molar-refractivity contribution in [1.29, 1.82) is 0 Å². The second-order valence-electron chi connectivity index (χ2n) is 10.9. The van der Waals surface area contributed by atoms with Crippen LogP contribution in [-0.2, 0) is 0 Å². The molecule has 0 bridgehead atoms. The average molecular weight is 605 g/mol. The number of hydrogen-bond acceptors (Lipinski definition) is 12. The molecule has 0 amide bonds. The molecule has 46 heavy (non-hydrogen) atoms. The zero-order chi connectivity index (χ0) is 30.5. The van der Waals surface area contributed by atoms with E-state index in [2.05, 4.69) is 88.8 Å². The first kappa shape index (κ1) is 25.9. The Hall–Kier alpha value is -6.56. The third-order valence-corrected chi connectivity index (χ3v) is 8.18. The van der Waals surface area contributed by atoms with E-state index in [1.54, 1.807) is 0 Å². The smallest absolute Gasteiger partial charge is 0.162 e. The fourth-order valence-electron chi connectivity index (χ4n) is 6.16. The highest BCUT2D eigenvalue weighted by Crippen LogP contribution is 2.41. The minimum Gasteiger partial charge on any atom is -0.311 e. The van der Waals surface area contributed by atoms with Crippen LogP contribution in [0, 0.1) is 0 Å². The molecule has 5 aliphatic rings. The summed E-state index contributed by atoms with van der Waals surface area (Å²) in [7, 11) is 0. The number of fused-ring (bicyclic) bond motifs is 4. The molecule has 0 saturated heterocycles. The summed E-state index contributed by atoms with van der Waals surface area (Å²) in [6.45, 7) is 1.01. The van der Waals surface area contributed by atoms with E-state index in [0.29, 0.717) is 13.3 Å². The highest BCUT2D eigenvalue weighted by Gasteiger charge is 2.41. The Labute approximate surface area is 266 Å². The quantitative estimate of drug-likeness (QED) is 0.317. The molecule has 4 aromatic heterocycles. The predicted octanol–water partition coefficient (Wildman–Crippen LogP) is 4.92. The SMILES string of the molecule is C1=CN(c2ccccn2)/C2=C3/N(C=CN3c3ccccn3)CN3C=CN(c4ccccn4)/C3=C3/N(C=CN3c3ccccn3)CN12. The third kappa shape index (κ3) is 4.15. The number of aromatic nitrogens is 4. The van der Waals surface area contributed by atoms with Crippen LogP contribution in [0.15, 0.2) is 170 Å². The van der Waals surface area contributed by atoms with Crippen molar-refractivity contribution in [2.45, 2.75) is 0 Å². The lowest BCUT2D eigenvalue weighted by Crippen LogP contribution is -2.44. The summed E-state index contributed by atoms with van der Waals surface area (Å²) in [6, 6.07) is 23.9. The summed E-state index contributed by atoms with van der Waals surface area (Å²) in [5.41, 5.74) is 0. The summed E-state index contributed by atoms with van der Waals surface area (Å²) < 4.78 is 0. The summed E-state index contributed by atoms with van der Waals surface area (Å²) in [4.78, 5) is 36.4. The Morgan fingerprint density at radius 2 is 0.587 bits per heavy atom. The maximum absolute atomic E-state index is 4.73. The van der Waals surface area contributed by atoms with Gasteiger partial charge in [0.15, 0.2) is 23.3 Å². The molecule has 0 aromatic carbocycles. The summed E-state index contributed by atoms with van der Waals surface area (Å²) in [6.07, 6.45) is 24.0. The molecule has 0 fully saturated rings. The van der Waals surface area contributed by atoms with Crippen molar-refractivity contribution in [3.8, 4) is 0 Å². The van der Waals surface area contributed by atoms with Crippen LogP contribution in [0.1, 0.15) is 0 Å². The van der Waals surface area contributed by atoms with Crippen molar-refractivity contribution in [3.63, 3.8) is 0 Å². The fourth-order valence-corrected chi connectivity index (χ4v) is 6.16. The fraction of sp³-hybridized carbons (Fsp3) is 0.0588. The molecule has 12 heteroatoms. The molecular weight excluding hydrogens is 576 g/mol. The number of hydrogen-bond donors (Lipinski definition) is 0. The Bertz CT molecular complexity index is 1660. The van der Waals surface area contributed by atoms with Gasteiger partial charge in [0.25, 0.3) is 0 Å². The third-order valence-electron chi connectivity index (χ3n) is 8.18. The van der Waals surface area contributed by atoms with Gasteiger partial charge in [0, 0.05) is 74.4 Å². The van der Waals surface area contributed by atoms with E-state index in [1.165, 1.54) is 0 Å². The largest absolute Gasteiger partial charge is 0.311 e. The van der Waals surface area contributed by atoms with E-state index in [9.17, 15) is 0 Å². The molecule has 0 atom stereocenters. The Balaban J connectivity index is 1.23. The minimum absolute atomic E-state index is 0.505. The standard InChI is InChI=1S/C34H28N12/c1-5-13-35-27(9-1)43-21-17-39-25-41-19-23-45(29-11-3-7-15-37-29)33(41)34-42(20-24-46(34)30-12-4-8-16-38-30)26-40-18-22-44(32(40)31(39)43)28-10-2-6-14-36-28/h1-24H,25-26H2/b32-31-,34-33-. The van der Waals surface area contributed by atoms with E-state index in [1.807, 2.05) is 97.6 Å². The van der Waals surface area contributed by atoms with Gasteiger partial charge in [-0.05, 0) is 48.5 Å². The number of anilines is 4. The first-order valence-corrected chi connectivity index (χ1v) is 14.9. The van der Waals surface area contributed by atoms with Gasteiger partial charge in [-0.25, -0.2) is 19.9 Å². The van der Waals surface area contributed by atoms with Crippen molar-refractivity contribution in [1.82, 2.24) is 39.5 Å². The molecular formula is C34H28N12. The molecule has 4 aromatic rings. The van der Waals surface area contributed by atoms with Gasteiger partial charge in [0.2, 0.25) is 0 Å². The number of pyridine rings is 4. The van der Waals surface area contributed by atoms with Gasteiger partial charge >= 0.3 is 0 Å². The van der Waals surface area contributed by atoms with Gasteiger partial charge < -0.3 is 19.6 Å². The first-order valence-electron chi connectivity index (χ1n) is 14.9. The predicted molar refractivity (Wildman–Crippen MR) is 175 cm³/mol. The van der Waals surface area contributed by atoms with E-state index in [4.69, 9.17) is 19.9 Å². The van der Waals surface area contributed by atoms with Crippen LogP contribution >= 0.6 is 0 Å². The van der Waals surface area contributed by atoms with Crippen molar-refractivity contribution in [2.75, 3.05) is 32.9 Å². The van der Waals surface area contributed by atoms with E-state index in [-0.39, 0.29) is 0 Å². The van der Waals surface area contributed by atoms with Gasteiger partial charge in [0.1, 0.15) is 36.6 Å². The van der Waals surface area contributed by atoms with E-state index < -0.39 is 0 Å². The van der Waals surface area contributed by atoms with Crippen LogP contribution in [0.3, 0.4) is 0 Å². The lowest BCUT2D eigenvalue weighted by atomic mass is 10.3. The van der Waals surface area contributed by atoms with Gasteiger partial charge in [-0.2, -0.15) is 0 Å². The van der Waals surface area contributed by atoms with Crippen molar-refractivity contribution in [2.24, 2.45) is 0 Å². The van der Waals surface area contributed by atoms with Crippen molar-refractivity contribution in [3.05, 3.63) is 170 Å². The molecule has 9 rings (SSSR count). The second-order valence-corrected chi connectivity index (χ2v) is 10.9. The van der Waals surface area contributed by atoms with Crippen molar-refractivity contribution < 1.29 is 0 Å². The molecule has 0 aliphatic carbocycles. The Kier molecular flexibility index (Phi) is 5.94. The monoisotopic (exact) mass is 604 g/mol. The zero-order valence-electron chi connectivity index (χ0n) is 24.6. The van der Waals surface area contributed by atoms with Crippen LogP contribution in [0.5, 0.6) is 0 Å². The Morgan fingerprint density at radius 1 is 0.326 bits per heavy atom. The zero-order valence-corrected chi connectivity index (χ0v) is 24.6. The molecule has 9 heterocycles. The minimum atomic E-state index is 0.505. The maximum atomic E-state index is 4.73. The van der Waals surface area contributed by atoms with E-state index in [0.717, 1.165) is 46.6 Å². The topological polar surface area (TPSA) is 77.5 Å². The van der Waals surface area contributed by atoms with Gasteiger partial charge in [-0.3, -0.25) is 19.6 Å². The van der Waals surface area contributed by atoms with Gasteiger partial charge in [0.05, 0.1) is 0 Å². The maximum Gasteiger partial charge on any atom is 0.162 e. The summed E-state index contributed by atoms with van der Waals surface area (Å²) in [5, 5.41) is 0. The number of rotatable bonds is 4. The van der Waals surface area contributed by atoms with E-state index >= 15 is 0 Å². The van der Waals surface area contributed by atoms with Crippen molar-refractivity contribution >= 4 is 23.3 Å². The Morgan fingerprint density at radius 3 is 0.804 bits per heavy atom. The average Bonchev–Trinajstić information content (AvgIpc) is 3.92. The summed E-state index contributed by atoms with van der Waals surface area (Å²) >= 11 is 0. The molecule has 0 saturated carbocycles. The lowest BCUT2D eigenvalue weighted by molar-refractivity contribution is 0.257. The molecule has 0 N–H and O–H groups in total. The number of nitrogens with zero attached hydrogens (tertiary/aromatic N) is 12. The molecule has 12 nitrogen and oxygen atoms in total. The second kappa shape index (κ2) is 10.6. The van der Waals surface area contributed by atoms with Crippen LogP contribution in [0.2, 0.25) is 0 Å². The van der Waals surface area contributed by atoms with Crippen LogP contribution in [0.25, 0.3) is 0 Å². The van der Waals surface area contributed by atoms with Gasteiger partial charge in [-0.15, -0.1) is 0 Å². The molecule has 224 valence electrons. The first-order chi connectivity index (χ1) is 22.8. The van der Waals surface area contributed by atoms with Gasteiger partial charge in [-0.1, -0.05) is 24.3 Å². The highest BCUT2D eigenvalue weighted by molar-refractivity contribution is 5.63. The van der Waals surface area contributed by atoms with Crippen LogP contribution < -0.4 is 19.6 Å².